The summed E-state index contributed by atoms with van der Waals surface area (Å²) in [5.41, 5.74) is 1.31. The standard InChI is InChI=1S/C17H11F3N6O/c18-12-6-10(5-11(7-12)16-24-25-17(27-16)14(19)20)15-23-3-4-26(15)9-13-8-21-1-2-22-13/h1-8,14H,9H2. The number of aromatic nitrogens is 6. The molecule has 10 heteroatoms. The maximum Gasteiger partial charge on any atom is 0.314 e. The fraction of sp³-hybridized carbons (Fsp3) is 0.118. The Bertz CT molecular complexity index is 1060. The Morgan fingerprint density at radius 1 is 1.00 bits per heavy atom. The Labute approximate surface area is 150 Å². The smallest absolute Gasteiger partial charge is 0.314 e. The molecule has 0 bridgehead atoms. The van der Waals surface area contributed by atoms with Gasteiger partial charge in [0.1, 0.15) is 11.6 Å². The van der Waals surface area contributed by atoms with Gasteiger partial charge in [-0.1, -0.05) is 0 Å². The number of imidazole rings is 1. The van der Waals surface area contributed by atoms with Gasteiger partial charge in [-0.2, -0.15) is 8.78 Å². The molecule has 0 aliphatic rings. The maximum absolute atomic E-state index is 14.1. The van der Waals surface area contributed by atoms with Gasteiger partial charge < -0.3 is 8.98 Å². The lowest BCUT2D eigenvalue weighted by Crippen LogP contribution is -2.03. The molecule has 0 atom stereocenters. The van der Waals surface area contributed by atoms with Crippen molar-refractivity contribution in [3.05, 3.63) is 66.6 Å². The number of nitrogens with zero attached hydrogens (tertiary/aromatic N) is 6. The van der Waals surface area contributed by atoms with Crippen molar-refractivity contribution in [2.45, 2.75) is 13.0 Å². The lowest BCUT2D eigenvalue weighted by molar-refractivity contribution is 0.116. The Balaban J connectivity index is 1.71. The van der Waals surface area contributed by atoms with Gasteiger partial charge in [-0.05, 0) is 18.2 Å². The Morgan fingerprint density at radius 2 is 1.85 bits per heavy atom. The van der Waals surface area contributed by atoms with Crippen molar-refractivity contribution in [3.63, 3.8) is 0 Å². The summed E-state index contributed by atoms with van der Waals surface area (Å²) in [4.78, 5) is 12.5. The van der Waals surface area contributed by atoms with Crippen LogP contribution in [0.15, 0.2) is 53.6 Å². The number of alkyl halides is 2. The highest BCUT2D eigenvalue weighted by molar-refractivity contribution is 5.65. The molecule has 7 nitrogen and oxygen atoms in total. The number of hydrogen-bond donors (Lipinski definition) is 0. The SMILES string of the molecule is Fc1cc(-c2nnc(C(F)F)o2)cc(-c2nccn2Cc2cnccn2)c1. The normalized spacial score (nSPS) is 11.3. The summed E-state index contributed by atoms with van der Waals surface area (Å²) in [6, 6.07) is 3.95. The van der Waals surface area contributed by atoms with E-state index in [1.54, 1.807) is 41.6 Å². The van der Waals surface area contributed by atoms with Gasteiger partial charge in [0.25, 0.3) is 5.89 Å². The van der Waals surface area contributed by atoms with Gasteiger partial charge in [-0.25, -0.2) is 9.37 Å². The van der Waals surface area contributed by atoms with E-state index in [0.29, 0.717) is 23.6 Å². The van der Waals surface area contributed by atoms with Crippen molar-refractivity contribution < 1.29 is 17.6 Å². The third-order valence-electron chi connectivity index (χ3n) is 3.69. The van der Waals surface area contributed by atoms with E-state index < -0.39 is 18.1 Å². The summed E-state index contributed by atoms with van der Waals surface area (Å²) in [6.45, 7) is 0.380. The zero-order valence-corrected chi connectivity index (χ0v) is 13.6. The monoisotopic (exact) mass is 372 g/mol. The molecule has 0 spiro atoms. The lowest BCUT2D eigenvalue weighted by atomic mass is 10.1. The van der Waals surface area contributed by atoms with Gasteiger partial charge in [0.2, 0.25) is 5.89 Å². The molecule has 0 aliphatic carbocycles. The third-order valence-corrected chi connectivity index (χ3v) is 3.69. The molecule has 1 aromatic carbocycles. The van der Waals surface area contributed by atoms with Gasteiger partial charge in [-0.3, -0.25) is 9.97 Å². The molecule has 0 aliphatic heterocycles. The number of halogens is 3. The Morgan fingerprint density at radius 3 is 2.59 bits per heavy atom. The summed E-state index contributed by atoms with van der Waals surface area (Å²) < 4.78 is 46.1. The largest absolute Gasteiger partial charge is 0.415 e. The lowest BCUT2D eigenvalue weighted by Gasteiger charge is -2.08. The predicted molar refractivity (Wildman–Crippen MR) is 87.0 cm³/mol. The Hall–Kier alpha value is -3.56. The quantitative estimate of drug-likeness (QED) is 0.533. The number of hydrogen-bond acceptors (Lipinski definition) is 6. The van der Waals surface area contributed by atoms with Crippen molar-refractivity contribution in [2.24, 2.45) is 0 Å². The highest BCUT2D eigenvalue weighted by Crippen LogP contribution is 2.28. The van der Waals surface area contributed by atoms with E-state index in [1.807, 2.05) is 0 Å². The van der Waals surface area contributed by atoms with Gasteiger partial charge in [0.15, 0.2) is 0 Å². The zero-order chi connectivity index (χ0) is 18.8. The van der Waals surface area contributed by atoms with Crippen LogP contribution >= 0.6 is 0 Å². The topological polar surface area (TPSA) is 82.5 Å². The van der Waals surface area contributed by atoms with Gasteiger partial charge >= 0.3 is 6.43 Å². The van der Waals surface area contributed by atoms with Crippen molar-refractivity contribution in [3.8, 4) is 22.8 Å². The molecule has 27 heavy (non-hydrogen) atoms. The van der Waals surface area contributed by atoms with E-state index in [-0.39, 0.29) is 11.5 Å². The van der Waals surface area contributed by atoms with Crippen molar-refractivity contribution in [1.82, 2.24) is 29.7 Å². The van der Waals surface area contributed by atoms with E-state index in [1.165, 1.54) is 6.07 Å². The number of benzene rings is 1. The second-order valence-corrected chi connectivity index (χ2v) is 5.55. The van der Waals surface area contributed by atoms with Crippen LogP contribution in [0.5, 0.6) is 0 Å². The maximum atomic E-state index is 14.1. The highest BCUT2D eigenvalue weighted by Gasteiger charge is 2.18. The molecule has 3 heterocycles. The van der Waals surface area contributed by atoms with Crippen LogP contribution in [0.1, 0.15) is 18.0 Å². The van der Waals surface area contributed by atoms with Crippen LogP contribution in [-0.2, 0) is 6.54 Å². The van der Waals surface area contributed by atoms with Crippen LogP contribution in [0.4, 0.5) is 13.2 Å². The summed E-state index contributed by atoms with van der Waals surface area (Å²) in [5, 5.41) is 6.81. The van der Waals surface area contributed by atoms with E-state index in [9.17, 15) is 13.2 Å². The van der Waals surface area contributed by atoms with Gasteiger partial charge in [0, 0.05) is 35.9 Å². The second-order valence-electron chi connectivity index (χ2n) is 5.55. The molecule has 3 aromatic heterocycles. The fourth-order valence-corrected chi connectivity index (χ4v) is 2.56. The van der Waals surface area contributed by atoms with Crippen LogP contribution in [0.3, 0.4) is 0 Å². The van der Waals surface area contributed by atoms with Crippen molar-refractivity contribution in [1.29, 1.82) is 0 Å². The molecule has 136 valence electrons. The molecule has 0 saturated heterocycles. The summed E-state index contributed by atoms with van der Waals surface area (Å²) >= 11 is 0. The van der Waals surface area contributed by atoms with Crippen molar-refractivity contribution >= 4 is 0 Å². The summed E-state index contributed by atoms with van der Waals surface area (Å²) in [5.74, 6) is -1.14. The molecular weight excluding hydrogens is 361 g/mol. The first-order chi connectivity index (χ1) is 13.1. The first kappa shape index (κ1) is 16.9. The minimum Gasteiger partial charge on any atom is -0.415 e. The fourth-order valence-electron chi connectivity index (χ4n) is 2.56. The molecule has 4 rings (SSSR count). The van der Waals surface area contributed by atoms with Gasteiger partial charge in [0.05, 0.1) is 18.4 Å². The summed E-state index contributed by atoms with van der Waals surface area (Å²) in [7, 11) is 0. The van der Waals surface area contributed by atoms with E-state index in [4.69, 9.17) is 4.42 Å². The minimum atomic E-state index is -2.90. The average molecular weight is 372 g/mol. The molecule has 0 saturated carbocycles. The second kappa shape index (κ2) is 6.98. The molecule has 0 fully saturated rings. The summed E-state index contributed by atoms with van der Waals surface area (Å²) in [6.07, 6.45) is 5.14. The predicted octanol–water partition coefficient (Wildman–Crippen LogP) is 3.52. The van der Waals surface area contributed by atoms with Crippen LogP contribution in [-0.4, -0.2) is 29.7 Å². The number of rotatable bonds is 5. The van der Waals surface area contributed by atoms with Crippen LogP contribution < -0.4 is 0 Å². The average Bonchev–Trinajstić information content (AvgIpc) is 3.32. The van der Waals surface area contributed by atoms with Crippen molar-refractivity contribution in [2.75, 3.05) is 0 Å². The molecule has 0 radical (unpaired) electrons. The first-order valence-electron chi connectivity index (χ1n) is 7.79. The van der Waals surface area contributed by atoms with Gasteiger partial charge in [-0.15, -0.1) is 10.2 Å². The zero-order valence-electron chi connectivity index (χ0n) is 13.6. The van der Waals surface area contributed by atoms with E-state index >= 15 is 0 Å². The van der Waals surface area contributed by atoms with Crippen LogP contribution in [0, 0.1) is 5.82 Å². The Kier molecular flexibility index (Phi) is 4.37. The van der Waals surface area contributed by atoms with Crippen LogP contribution in [0.25, 0.3) is 22.8 Å². The minimum absolute atomic E-state index is 0.179. The third kappa shape index (κ3) is 3.54. The van der Waals surface area contributed by atoms with E-state index in [2.05, 4.69) is 25.1 Å². The molecule has 4 aromatic rings. The first-order valence-corrected chi connectivity index (χ1v) is 7.79. The molecular formula is C17H11F3N6O. The highest BCUT2D eigenvalue weighted by atomic mass is 19.3. The molecule has 0 N–H and O–H groups in total. The molecule has 0 unspecified atom stereocenters. The van der Waals surface area contributed by atoms with E-state index in [0.717, 1.165) is 6.07 Å². The molecule has 0 amide bonds. The van der Waals surface area contributed by atoms with Crippen LogP contribution in [0.2, 0.25) is 0 Å².